The number of rotatable bonds is 4. The zero-order chi connectivity index (χ0) is 17.3. The second-order valence-electron chi connectivity index (χ2n) is 4.97. The molecule has 0 amide bonds. The van der Waals surface area contributed by atoms with E-state index in [2.05, 4.69) is 5.10 Å². The molecule has 0 aliphatic heterocycles. The molecule has 2 aromatic heterocycles. The van der Waals surface area contributed by atoms with E-state index in [1.807, 2.05) is 0 Å². The molecule has 24 heavy (non-hydrogen) atoms. The third kappa shape index (κ3) is 3.25. The Morgan fingerprint density at radius 1 is 1.25 bits per heavy atom. The predicted octanol–water partition coefficient (Wildman–Crippen LogP) is 2.85. The van der Waals surface area contributed by atoms with E-state index in [1.54, 1.807) is 6.07 Å². The molecule has 2 heterocycles. The summed E-state index contributed by atoms with van der Waals surface area (Å²) in [5.74, 6) is -0.715. The molecule has 0 aliphatic rings. The normalized spacial score (nSPS) is 13.2. The van der Waals surface area contributed by atoms with Gasteiger partial charge in [-0.25, -0.2) is 4.79 Å². The minimum absolute atomic E-state index is 0.0132. The molecule has 3 aromatic rings. The first kappa shape index (κ1) is 16.1. The van der Waals surface area contributed by atoms with Crippen LogP contribution in [-0.4, -0.2) is 14.9 Å². The lowest BCUT2D eigenvalue weighted by Crippen LogP contribution is -2.20. The van der Waals surface area contributed by atoms with Crippen LogP contribution in [0.5, 0.6) is 0 Å². The van der Waals surface area contributed by atoms with Crippen LogP contribution in [0.2, 0.25) is 0 Å². The highest BCUT2D eigenvalue weighted by Gasteiger charge is 2.31. The number of alkyl halides is 3. The largest absolute Gasteiger partial charge is 0.459 e. The van der Waals surface area contributed by atoms with Crippen LogP contribution in [0.15, 0.2) is 56.3 Å². The summed E-state index contributed by atoms with van der Waals surface area (Å²) in [6.07, 6.45) is -4.52. The van der Waals surface area contributed by atoms with Crippen molar-refractivity contribution in [1.82, 2.24) is 9.78 Å². The Hall–Kier alpha value is -2.81. The molecular formula is C15H11F3N2O4. The number of nitrogens with zero attached hydrogens (tertiary/aromatic N) is 2. The van der Waals surface area contributed by atoms with E-state index >= 15 is 0 Å². The zero-order valence-electron chi connectivity index (χ0n) is 12.0. The second-order valence-corrected chi connectivity index (χ2v) is 4.97. The van der Waals surface area contributed by atoms with Gasteiger partial charge >= 0.3 is 11.9 Å². The molecule has 126 valence electrons. The summed E-state index contributed by atoms with van der Waals surface area (Å²) in [6.45, 7) is -0.357. The maximum absolute atomic E-state index is 12.7. The van der Waals surface area contributed by atoms with Gasteiger partial charge in [-0.15, -0.1) is 5.10 Å². The lowest BCUT2D eigenvalue weighted by atomic mass is 10.1. The van der Waals surface area contributed by atoms with Gasteiger partial charge in [-0.05, 0) is 29.8 Å². The van der Waals surface area contributed by atoms with Crippen molar-refractivity contribution in [2.75, 3.05) is 0 Å². The highest BCUT2D eigenvalue weighted by atomic mass is 19.4. The van der Waals surface area contributed by atoms with Crippen LogP contribution < -0.4 is 5.76 Å². The summed E-state index contributed by atoms with van der Waals surface area (Å²) in [6, 6.07) is 7.33. The van der Waals surface area contributed by atoms with Gasteiger partial charge < -0.3 is 13.9 Å². The molecule has 6 nitrogen and oxygen atoms in total. The Bertz CT molecular complexity index is 881. The summed E-state index contributed by atoms with van der Waals surface area (Å²) in [5.41, 5.74) is -0.873. The van der Waals surface area contributed by atoms with Gasteiger partial charge in [0.15, 0.2) is 5.76 Å². The fourth-order valence-electron chi connectivity index (χ4n) is 2.11. The van der Waals surface area contributed by atoms with Gasteiger partial charge in [0.1, 0.15) is 0 Å². The SMILES string of the molecule is O=c1oc(-c2ccco2)nn1C[C@H](O)c1cccc(C(F)(F)F)c1. The van der Waals surface area contributed by atoms with Crippen LogP contribution in [0.4, 0.5) is 13.2 Å². The summed E-state index contributed by atoms with van der Waals surface area (Å²) in [4.78, 5) is 11.7. The van der Waals surface area contributed by atoms with Crippen LogP contribution in [0.25, 0.3) is 11.7 Å². The van der Waals surface area contributed by atoms with Gasteiger partial charge in [0.2, 0.25) is 0 Å². The van der Waals surface area contributed by atoms with Gasteiger partial charge in [-0.3, -0.25) is 0 Å². The molecule has 0 saturated carbocycles. The van der Waals surface area contributed by atoms with Gasteiger partial charge in [0, 0.05) is 0 Å². The molecular weight excluding hydrogens is 329 g/mol. The first-order chi connectivity index (χ1) is 11.3. The first-order valence-electron chi connectivity index (χ1n) is 6.81. The highest BCUT2D eigenvalue weighted by Crippen LogP contribution is 2.31. The van der Waals surface area contributed by atoms with Gasteiger partial charge in [-0.1, -0.05) is 12.1 Å². The van der Waals surface area contributed by atoms with E-state index in [1.165, 1.54) is 24.5 Å². The minimum atomic E-state index is -4.52. The number of hydrogen-bond acceptors (Lipinski definition) is 5. The Kier molecular flexibility index (Phi) is 4.02. The third-order valence-corrected chi connectivity index (χ3v) is 3.28. The fourth-order valence-corrected chi connectivity index (χ4v) is 2.11. The summed E-state index contributed by atoms with van der Waals surface area (Å²) in [7, 11) is 0. The fraction of sp³-hybridized carbons (Fsp3) is 0.200. The molecule has 0 spiro atoms. The molecule has 0 radical (unpaired) electrons. The van der Waals surface area contributed by atoms with E-state index in [4.69, 9.17) is 8.83 Å². The molecule has 0 bridgehead atoms. The second kappa shape index (κ2) is 6.00. The van der Waals surface area contributed by atoms with Gasteiger partial charge in [-0.2, -0.15) is 17.9 Å². The number of benzene rings is 1. The van der Waals surface area contributed by atoms with E-state index in [0.717, 1.165) is 16.8 Å². The van der Waals surface area contributed by atoms with Crippen LogP contribution in [0.3, 0.4) is 0 Å². The maximum Gasteiger partial charge on any atom is 0.437 e. The monoisotopic (exact) mass is 340 g/mol. The van der Waals surface area contributed by atoms with Gasteiger partial charge in [0.05, 0.1) is 24.5 Å². The quantitative estimate of drug-likeness (QED) is 0.790. The Labute approximate surface area is 132 Å². The van der Waals surface area contributed by atoms with Crippen molar-refractivity contribution < 1.29 is 27.1 Å². The number of halogens is 3. The molecule has 3 rings (SSSR count). The van der Waals surface area contributed by atoms with Crippen molar-refractivity contribution in [2.45, 2.75) is 18.8 Å². The molecule has 0 fully saturated rings. The van der Waals surface area contributed by atoms with Crippen molar-refractivity contribution in [3.63, 3.8) is 0 Å². The average molecular weight is 340 g/mol. The lowest BCUT2D eigenvalue weighted by molar-refractivity contribution is -0.137. The Morgan fingerprint density at radius 2 is 2.04 bits per heavy atom. The minimum Gasteiger partial charge on any atom is -0.459 e. The average Bonchev–Trinajstić information content (AvgIpc) is 3.17. The van der Waals surface area contributed by atoms with Crippen LogP contribution in [0, 0.1) is 0 Å². The number of aliphatic hydroxyl groups excluding tert-OH is 1. The van der Waals surface area contributed by atoms with Gasteiger partial charge in [0.25, 0.3) is 5.89 Å². The number of aliphatic hydroxyl groups is 1. The van der Waals surface area contributed by atoms with E-state index in [0.29, 0.717) is 0 Å². The zero-order valence-corrected chi connectivity index (χ0v) is 12.0. The first-order valence-corrected chi connectivity index (χ1v) is 6.81. The molecule has 0 unspecified atom stereocenters. The topological polar surface area (TPSA) is 81.4 Å². The van der Waals surface area contributed by atoms with Crippen molar-refractivity contribution >= 4 is 0 Å². The Morgan fingerprint density at radius 3 is 2.71 bits per heavy atom. The van der Waals surface area contributed by atoms with Crippen LogP contribution in [-0.2, 0) is 12.7 Å². The number of hydrogen-bond donors (Lipinski definition) is 1. The number of aromatic nitrogens is 2. The van der Waals surface area contributed by atoms with Crippen molar-refractivity contribution in [3.05, 3.63) is 64.3 Å². The Balaban J connectivity index is 1.83. The van der Waals surface area contributed by atoms with Crippen molar-refractivity contribution in [3.8, 4) is 11.7 Å². The third-order valence-electron chi connectivity index (χ3n) is 3.28. The van der Waals surface area contributed by atoms with Crippen LogP contribution >= 0.6 is 0 Å². The van der Waals surface area contributed by atoms with Crippen LogP contribution in [0.1, 0.15) is 17.2 Å². The summed E-state index contributed by atoms with van der Waals surface area (Å²) >= 11 is 0. The summed E-state index contributed by atoms with van der Waals surface area (Å²) < 4.78 is 48.9. The maximum atomic E-state index is 12.7. The molecule has 1 atom stereocenters. The molecule has 9 heteroatoms. The van der Waals surface area contributed by atoms with E-state index < -0.39 is 23.6 Å². The van der Waals surface area contributed by atoms with Crippen molar-refractivity contribution in [1.29, 1.82) is 0 Å². The summed E-state index contributed by atoms with van der Waals surface area (Å²) in [5, 5.41) is 13.9. The molecule has 1 N–H and O–H groups in total. The molecule has 0 saturated heterocycles. The molecule has 1 aromatic carbocycles. The smallest absolute Gasteiger partial charge is 0.437 e. The van der Waals surface area contributed by atoms with Crippen molar-refractivity contribution in [2.24, 2.45) is 0 Å². The number of furan rings is 1. The molecule has 0 aliphatic carbocycles. The highest BCUT2D eigenvalue weighted by molar-refractivity contribution is 5.42. The van der Waals surface area contributed by atoms with E-state index in [9.17, 15) is 23.1 Å². The lowest BCUT2D eigenvalue weighted by Gasteiger charge is -2.13. The predicted molar refractivity (Wildman–Crippen MR) is 74.9 cm³/mol. The standard InChI is InChI=1S/C15H11F3N2O4/c16-15(17,18)10-4-1-3-9(7-10)11(21)8-20-14(22)24-13(19-20)12-5-2-6-23-12/h1-7,11,21H,8H2/t11-/m0/s1. The van der Waals surface area contributed by atoms with E-state index in [-0.39, 0.29) is 23.8 Å².